The van der Waals surface area contributed by atoms with Gasteiger partial charge in [-0.2, -0.15) is 0 Å². The quantitative estimate of drug-likeness (QED) is 0.386. The van der Waals surface area contributed by atoms with Crippen LogP contribution in [-0.4, -0.2) is 28.7 Å². The summed E-state index contributed by atoms with van der Waals surface area (Å²) in [5, 5.41) is 2.68. The number of carbonyl (C=O) groups excluding carboxylic acids is 1. The Morgan fingerprint density at radius 1 is 1.40 bits per heavy atom. The van der Waals surface area contributed by atoms with Crippen LogP contribution in [0.1, 0.15) is 12.8 Å². The van der Waals surface area contributed by atoms with Crippen molar-refractivity contribution >= 4 is 22.2 Å². The smallest absolute Gasteiger partial charge is 1.00 e. The molecule has 2 nitrogen and oxygen atoms in total. The molecule has 0 unspecified atom stereocenters. The predicted molar refractivity (Wildman–Crippen MR) is 33.9 cm³/mol. The van der Waals surface area contributed by atoms with Crippen LogP contribution in [0.25, 0.3) is 0 Å². The summed E-state index contributed by atoms with van der Waals surface area (Å²) in [6, 6.07) is 0. The minimum atomic E-state index is 0. The Hall–Kier alpha value is 0.582. The Kier molecular flexibility index (Phi) is 20.7. The van der Waals surface area contributed by atoms with Gasteiger partial charge in [-0.25, -0.2) is 0 Å². The van der Waals surface area contributed by atoms with Gasteiger partial charge >= 0.3 is 22.1 Å². The van der Waals surface area contributed by atoms with E-state index in [0.29, 0.717) is 0 Å². The Balaban J connectivity index is -0.000000114. The van der Waals surface area contributed by atoms with Crippen LogP contribution in [0.2, 0.25) is 5.79 Å². The van der Waals surface area contributed by atoms with Gasteiger partial charge in [0.1, 0.15) is 0 Å². The average molecular weight is 198 g/mol. The molecule has 5 heteroatoms. The van der Waals surface area contributed by atoms with E-state index in [1.165, 1.54) is 0 Å². The molecule has 1 heterocycles. The third kappa shape index (κ3) is 8.58. The van der Waals surface area contributed by atoms with Gasteiger partial charge in [-0.15, -0.1) is 0 Å². The molecule has 0 aromatic rings. The maximum absolute atomic E-state index is 10.1. The van der Waals surface area contributed by atoms with Gasteiger partial charge in [0, 0.05) is 13.0 Å². The van der Waals surface area contributed by atoms with Gasteiger partial charge in [0.2, 0.25) is 5.91 Å². The molecule has 1 fully saturated rings. The number of hydrogen-bond acceptors (Lipinski definition) is 1. The summed E-state index contributed by atoms with van der Waals surface area (Å²) < 4.78 is 0. The van der Waals surface area contributed by atoms with Gasteiger partial charge in [-0.05, 0) is 6.42 Å². The molecule has 1 aliphatic rings. The van der Waals surface area contributed by atoms with E-state index in [9.17, 15) is 4.79 Å². The van der Waals surface area contributed by atoms with Crippen molar-refractivity contribution < 1.29 is 29.6 Å². The Morgan fingerprint density at radius 3 is 2.00 bits per heavy atom. The van der Waals surface area contributed by atoms with Gasteiger partial charge < -0.3 is 30.1 Å². The zero-order valence-electron chi connectivity index (χ0n) is 5.86. The van der Waals surface area contributed by atoms with Gasteiger partial charge in [0.15, 0.2) is 0 Å². The third-order valence-electron chi connectivity index (χ3n) is 0.903. The topological polar surface area (TPSA) is 29.1 Å². The third-order valence-corrected chi connectivity index (χ3v) is 0.903. The van der Waals surface area contributed by atoms with Crippen molar-refractivity contribution in [2.75, 3.05) is 6.54 Å². The second-order valence-corrected chi connectivity index (χ2v) is 1.45. The van der Waals surface area contributed by atoms with Crippen molar-refractivity contribution in [3.05, 3.63) is 0 Å². The fraction of sp³-hybridized carbons (Fsp3) is 0.800. The van der Waals surface area contributed by atoms with E-state index in [1.807, 2.05) is 5.79 Å². The molecule has 1 saturated heterocycles. The molecule has 10 heavy (non-hydrogen) atoms. The molecule has 58 valence electrons. The molecule has 1 N–H and O–H groups in total. The van der Waals surface area contributed by atoms with E-state index in [4.69, 9.17) is 0 Å². The molecule has 1 amide bonds. The summed E-state index contributed by atoms with van der Waals surface area (Å²) in [6.07, 6.45) is 1.76. The number of halogens is 2. The van der Waals surface area contributed by atoms with E-state index >= 15 is 0 Å². The predicted octanol–water partition coefficient (Wildman–Crippen LogP) is -5.89. The summed E-state index contributed by atoms with van der Waals surface area (Å²) in [6.45, 7) is 0.888. The van der Waals surface area contributed by atoms with Gasteiger partial charge in [0.25, 0.3) is 0 Å². The molecule has 0 spiro atoms. The minimum Gasteiger partial charge on any atom is -1.00 e. The van der Waals surface area contributed by atoms with E-state index in [2.05, 4.69) is 21.6 Å². The van der Waals surface area contributed by atoms with E-state index in [-0.39, 0.29) is 30.7 Å². The molecule has 0 saturated carbocycles. The number of carbonyl (C=O) groups is 1. The van der Waals surface area contributed by atoms with Gasteiger partial charge in [-0.3, -0.25) is 4.79 Å². The van der Waals surface area contributed by atoms with Crippen LogP contribution in [0.3, 0.4) is 0 Å². The van der Waals surface area contributed by atoms with Crippen molar-refractivity contribution in [2.24, 2.45) is 0 Å². The summed E-state index contributed by atoms with van der Waals surface area (Å²) in [7, 11) is 0. The molecule has 0 aliphatic carbocycles. The molecule has 1 rings (SSSR count). The molecule has 1 aliphatic heterocycles. The summed E-state index contributed by atoms with van der Waals surface area (Å²) in [4.78, 5) is 10.1. The second kappa shape index (κ2) is 12.3. The summed E-state index contributed by atoms with van der Waals surface area (Å²) >= 11 is 2.42. The fourth-order valence-corrected chi connectivity index (χ4v) is 0.565. The minimum absolute atomic E-state index is 0. The fourth-order valence-electron chi connectivity index (χ4n) is 0.565. The molecular formula is C5H10AlCl2NO. The number of hydrogen-bond donors (Lipinski definition) is 1. The molecule has 0 bridgehead atoms. The van der Waals surface area contributed by atoms with Gasteiger partial charge in [0.05, 0.1) is 0 Å². The molecular weight excluding hydrogens is 188 g/mol. The monoisotopic (exact) mass is 197 g/mol. The maximum atomic E-state index is 10.1. The van der Waals surface area contributed by atoms with Crippen LogP contribution >= 0.6 is 0 Å². The maximum Gasteiger partial charge on any atom is -1.00 e. The zero-order valence-corrected chi connectivity index (χ0v) is 8.53. The van der Waals surface area contributed by atoms with Crippen LogP contribution in [0.15, 0.2) is 0 Å². The van der Waals surface area contributed by atoms with Crippen LogP contribution in [0.5, 0.6) is 0 Å². The first kappa shape index (κ1) is 16.9. The first-order chi connectivity index (χ1) is 3.89. The molecule has 0 aromatic heterocycles. The second-order valence-electron chi connectivity index (χ2n) is 1.45. The van der Waals surface area contributed by atoms with Crippen molar-refractivity contribution in [1.29, 1.82) is 0 Å². The van der Waals surface area contributed by atoms with Crippen molar-refractivity contribution in [1.82, 2.24) is 5.32 Å². The number of amides is 1. The normalized spacial score (nSPS) is 13.3. The van der Waals surface area contributed by atoms with Crippen LogP contribution in [0, 0.1) is 0 Å². The van der Waals surface area contributed by atoms with Crippen molar-refractivity contribution in [3.8, 4) is 0 Å². The number of nitrogens with one attached hydrogen (secondary N) is 1. The zero-order chi connectivity index (χ0) is 6.41. The van der Waals surface area contributed by atoms with E-state index in [1.54, 1.807) is 0 Å². The largest absolute Gasteiger partial charge is 1.00 e. The van der Waals surface area contributed by atoms with Crippen molar-refractivity contribution in [2.45, 2.75) is 18.6 Å². The van der Waals surface area contributed by atoms with Crippen LogP contribution < -0.4 is 30.1 Å². The van der Waals surface area contributed by atoms with Crippen LogP contribution in [-0.2, 0) is 4.79 Å². The SMILES string of the molecule is O=C1CCCN1.[CH3][Al+2].[Cl-].[Cl-]. The summed E-state index contributed by atoms with van der Waals surface area (Å²) in [5.41, 5.74) is 0. The Morgan fingerprint density at radius 2 is 1.90 bits per heavy atom. The standard InChI is InChI=1S/C4H7NO.CH3.Al.2ClH/c6-4-2-1-3-5-4;;;;/h1-3H2,(H,5,6);1H3;;2*1H/q;;+2;;/p-2. The molecule has 0 atom stereocenters. The van der Waals surface area contributed by atoms with Gasteiger partial charge in [-0.1, -0.05) is 0 Å². The first-order valence-corrected chi connectivity index (χ1v) is 3.89. The van der Waals surface area contributed by atoms with Crippen molar-refractivity contribution in [3.63, 3.8) is 0 Å². The first-order valence-electron chi connectivity index (χ1n) is 2.74. The molecule has 0 radical (unpaired) electrons. The van der Waals surface area contributed by atoms with Crippen LogP contribution in [0.4, 0.5) is 0 Å². The Labute approximate surface area is 82.4 Å². The average Bonchev–Trinajstić information content (AvgIpc) is 2.24. The van der Waals surface area contributed by atoms with E-state index < -0.39 is 0 Å². The Bertz CT molecular complexity index is 74.0. The molecule has 0 aromatic carbocycles. The van der Waals surface area contributed by atoms with E-state index in [0.717, 1.165) is 19.4 Å². The summed E-state index contributed by atoms with van der Waals surface area (Å²) in [5.74, 6) is 2.12. The number of rotatable bonds is 0.